The predicted octanol–water partition coefficient (Wildman–Crippen LogP) is 5.92. The lowest BCUT2D eigenvalue weighted by atomic mass is 10.00. The summed E-state index contributed by atoms with van der Waals surface area (Å²) in [4.78, 5) is 5.99. The Morgan fingerprint density at radius 1 is 0.964 bits per heavy atom. The zero-order valence-electron chi connectivity index (χ0n) is 16.6. The highest BCUT2D eigenvalue weighted by Gasteiger charge is 2.38. The lowest BCUT2D eigenvalue weighted by Gasteiger charge is -2.22. The van der Waals surface area contributed by atoms with Crippen molar-refractivity contribution in [1.29, 1.82) is 0 Å². The smallest absolute Gasteiger partial charge is 0.222 e. The monoisotopic (exact) mass is 392 g/mol. The zero-order valence-corrected chi connectivity index (χ0v) is 17.4. The lowest BCUT2D eigenvalue weighted by Crippen LogP contribution is -2.17. The summed E-state index contributed by atoms with van der Waals surface area (Å²) in [7, 11) is 0. The van der Waals surface area contributed by atoms with Gasteiger partial charge >= 0.3 is 0 Å². The third-order valence-corrected chi connectivity index (χ3v) is 5.79. The van der Waals surface area contributed by atoms with Gasteiger partial charge in [-0.15, -0.1) is 11.8 Å². The molecule has 4 nitrogen and oxygen atoms in total. The third kappa shape index (κ3) is 3.72. The highest BCUT2D eigenvalue weighted by atomic mass is 32.2. The van der Waals surface area contributed by atoms with E-state index in [2.05, 4.69) is 45.0 Å². The van der Waals surface area contributed by atoms with Gasteiger partial charge in [-0.3, -0.25) is 0 Å². The minimum Gasteiger partial charge on any atom is -0.475 e. The number of aromatic nitrogens is 1. The van der Waals surface area contributed by atoms with Gasteiger partial charge in [0.25, 0.3) is 0 Å². The van der Waals surface area contributed by atoms with E-state index in [1.54, 1.807) is 11.8 Å². The summed E-state index contributed by atoms with van der Waals surface area (Å²) < 4.78 is 11.6. The Kier molecular flexibility index (Phi) is 4.79. The van der Waals surface area contributed by atoms with Crippen LogP contribution in [0, 0.1) is 0 Å². The molecule has 1 aliphatic heterocycles. The molecule has 0 aliphatic carbocycles. The summed E-state index contributed by atoms with van der Waals surface area (Å²) >= 11 is 1.74. The molecule has 0 saturated carbocycles. The van der Waals surface area contributed by atoms with Crippen molar-refractivity contribution >= 4 is 17.7 Å². The summed E-state index contributed by atoms with van der Waals surface area (Å²) in [5.41, 5.74) is 2.36. The number of hydrogen-bond donors (Lipinski definition) is 0. The average Bonchev–Trinajstić information content (AvgIpc) is 3.26. The number of aliphatic imine (C=N–C) groups is 1. The van der Waals surface area contributed by atoms with Crippen molar-refractivity contribution in [3.8, 4) is 11.3 Å². The number of benzene rings is 2. The van der Waals surface area contributed by atoms with Crippen molar-refractivity contribution in [1.82, 2.24) is 5.16 Å². The van der Waals surface area contributed by atoms with Gasteiger partial charge in [-0.05, 0) is 39.8 Å². The second-order valence-corrected chi connectivity index (χ2v) is 9.74. The normalized spacial score (nSPS) is 15.9. The minimum atomic E-state index is -0.352. The Hall–Kier alpha value is -2.53. The van der Waals surface area contributed by atoms with E-state index in [1.807, 2.05) is 48.5 Å². The highest BCUT2D eigenvalue weighted by molar-refractivity contribution is 8.00. The van der Waals surface area contributed by atoms with E-state index in [0.717, 1.165) is 22.6 Å². The van der Waals surface area contributed by atoms with Gasteiger partial charge in [0.05, 0.1) is 10.3 Å². The topological polar surface area (TPSA) is 47.6 Å². The molecule has 0 spiro atoms. The SMILES string of the molecule is CC1(C)COC(c2c(-c3ccccc3)noc2C(C)(C)Sc2ccccc2)=N1. The lowest BCUT2D eigenvalue weighted by molar-refractivity contribution is 0.278. The van der Waals surface area contributed by atoms with Gasteiger partial charge in [0, 0.05) is 10.5 Å². The van der Waals surface area contributed by atoms with Gasteiger partial charge in [0.15, 0.2) is 5.76 Å². The molecule has 0 unspecified atom stereocenters. The van der Waals surface area contributed by atoms with Crippen LogP contribution in [0.25, 0.3) is 11.3 Å². The van der Waals surface area contributed by atoms with Gasteiger partial charge in [-0.1, -0.05) is 53.7 Å². The number of thioether (sulfide) groups is 1. The molecule has 4 rings (SSSR count). The fourth-order valence-electron chi connectivity index (χ4n) is 3.23. The molecule has 1 aliphatic rings. The van der Waals surface area contributed by atoms with Crippen molar-refractivity contribution in [3.63, 3.8) is 0 Å². The first-order valence-corrected chi connectivity index (χ1v) is 10.2. The molecule has 3 aromatic rings. The third-order valence-electron chi connectivity index (χ3n) is 4.58. The molecule has 144 valence electrons. The van der Waals surface area contributed by atoms with Crippen LogP contribution in [0.15, 0.2) is 75.1 Å². The van der Waals surface area contributed by atoms with Crippen LogP contribution >= 0.6 is 11.8 Å². The second kappa shape index (κ2) is 7.13. The molecule has 0 amide bonds. The molecular formula is C23H24N2O2S. The van der Waals surface area contributed by atoms with Crippen LogP contribution in [-0.4, -0.2) is 23.2 Å². The van der Waals surface area contributed by atoms with E-state index in [4.69, 9.17) is 14.3 Å². The highest BCUT2D eigenvalue weighted by Crippen LogP contribution is 2.45. The van der Waals surface area contributed by atoms with E-state index in [9.17, 15) is 0 Å². The average molecular weight is 393 g/mol. The fourth-order valence-corrected chi connectivity index (χ4v) is 4.35. The largest absolute Gasteiger partial charge is 0.475 e. The molecule has 0 N–H and O–H groups in total. The van der Waals surface area contributed by atoms with Crippen molar-refractivity contribution in [2.45, 2.75) is 42.9 Å². The molecule has 0 radical (unpaired) electrons. The first kappa shape index (κ1) is 18.8. The Bertz CT molecular complexity index is 992. The molecule has 0 bridgehead atoms. The minimum absolute atomic E-state index is 0.255. The molecule has 0 saturated heterocycles. The summed E-state index contributed by atoms with van der Waals surface area (Å²) in [6.07, 6.45) is 0. The summed E-state index contributed by atoms with van der Waals surface area (Å²) in [6.45, 7) is 8.97. The van der Waals surface area contributed by atoms with Crippen LogP contribution in [0.5, 0.6) is 0 Å². The van der Waals surface area contributed by atoms with Crippen molar-refractivity contribution in [3.05, 3.63) is 72.0 Å². The molecule has 28 heavy (non-hydrogen) atoms. The van der Waals surface area contributed by atoms with Gasteiger partial charge in [0.1, 0.15) is 17.9 Å². The van der Waals surface area contributed by atoms with E-state index in [-0.39, 0.29) is 10.3 Å². The van der Waals surface area contributed by atoms with Crippen LogP contribution in [0.1, 0.15) is 39.0 Å². The maximum atomic E-state index is 6.00. The second-order valence-electron chi connectivity index (χ2n) is 8.04. The Morgan fingerprint density at radius 2 is 1.61 bits per heavy atom. The summed E-state index contributed by atoms with van der Waals surface area (Å²) in [5, 5.41) is 4.44. The first-order valence-electron chi connectivity index (χ1n) is 9.38. The standard InChI is InChI=1S/C23H24N2O2S/c1-22(2)15-26-21(24-22)18-19(16-11-7-5-8-12-16)25-27-20(18)23(3,4)28-17-13-9-6-10-14-17/h5-14H,15H2,1-4H3. The van der Waals surface area contributed by atoms with Crippen molar-refractivity contribution in [2.24, 2.45) is 4.99 Å². The number of hydrogen-bond acceptors (Lipinski definition) is 5. The maximum Gasteiger partial charge on any atom is 0.222 e. The maximum absolute atomic E-state index is 6.00. The van der Waals surface area contributed by atoms with Crippen LogP contribution in [0.2, 0.25) is 0 Å². The predicted molar refractivity (Wildman–Crippen MR) is 114 cm³/mol. The van der Waals surface area contributed by atoms with Crippen LogP contribution in [0.3, 0.4) is 0 Å². The van der Waals surface area contributed by atoms with Crippen molar-refractivity contribution in [2.75, 3.05) is 6.61 Å². The van der Waals surface area contributed by atoms with Gasteiger partial charge in [-0.25, -0.2) is 4.99 Å². The number of ether oxygens (including phenoxy) is 1. The van der Waals surface area contributed by atoms with E-state index in [1.165, 1.54) is 4.90 Å². The fraction of sp³-hybridized carbons (Fsp3) is 0.304. The number of nitrogens with zero attached hydrogens (tertiary/aromatic N) is 2. The Balaban J connectivity index is 1.83. The molecule has 5 heteroatoms. The van der Waals surface area contributed by atoms with E-state index in [0.29, 0.717) is 12.5 Å². The molecule has 0 fully saturated rings. The van der Waals surface area contributed by atoms with Crippen LogP contribution in [-0.2, 0) is 9.48 Å². The zero-order chi connectivity index (χ0) is 19.8. The molecule has 2 aromatic carbocycles. The summed E-state index contributed by atoms with van der Waals surface area (Å²) in [6, 6.07) is 20.4. The molecular weight excluding hydrogens is 368 g/mol. The van der Waals surface area contributed by atoms with Gasteiger partial charge < -0.3 is 9.26 Å². The van der Waals surface area contributed by atoms with Crippen molar-refractivity contribution < 1.29 is 9.26 Å². The molecule has 0 atom stereocenters. The van der Waals surface area contributed by atoms with Gasteiger partial charge in [-0.2, -0.15) is 0 Å². The van der Waals surface area contributed by atoms with Gasteiger partial charge in [0.2, 0.25) is 5.90 Å². The number of rotatable bonds is 5. The van der Waals surface area contributed by atoms with E-state index < -0.39 is 0 Å². The first-order chi connectivity index (χ1) is 13.4. The quantitative estimate of drug-likeness (QED) is 0.505. The van der Waals surface area contributed by atoms with Crippen LogP contribution in [0.4, 0.5) is 0 Å². The summed E-state index contributed by atoms with van der Waals surface area (Å²) in [5.74, 6) is 1.39. The van der Waals surface area contributed by atoms with E-state index >= 15 is 0 Å². The Morgan fingerprint density at radius 3 is 2.21 bits per heavy atom. The molecule has 2 heterocycles. The molecule has 1 aromatic heterocycles. The Labute approximate surface area is 170 Å². The van der Waals surface area contributed by atoms with Crippen LogP contribution < -0.4 is 0 Å².